The van der Waals surface area contributed by atoms with Gasteiger partial charge in [-0.25, -0.2) is 4.79 Å². The van der Waals surface area contributed by atoms with E-state index in [-0.39, 0.29) is 12.2 Å². The van der Waals surface area contributed by atoms with E-state index < -0.39 is 23.4 Å². The summed E-state index contributed by atoms with van der Waals surface area (Å²) in [6.45, 7) is 3.61. The number of aliphatic hydroxyl groups is 1. The highest BCUT2D eigenvalue weighted by Crippen LogP contribution is 2.30. The second-order valence-corrected chi connectivity index (χ2v) is 4.82. The number of hydrogen-bond donors (Lipinski definition) is 3. The van der Waals surface area contributed by atoms with Gasteiger partial charge in [-0.1, -0.05) is 19.9 Å². The van der Waals surface area contributed by atoms with Gasteiger partial charge in [-0.3, -0.25) is 0 Å². The van der Waals surface area contributed by atoms with Crippen molar-refractivity contribution in [1.82, 2.24) is 5.32 Å². The van der Waals surface area contributed by atoms with Crippen molar-refractivity contribution in [3.63, 3.8) is 0 Å². The van der Waals surface area contributed by atoms with Crippen LogP contribution in [0.4, 0.5) is 23.7 Å². The van der Waals surface area contributed by atoms with Crippen molar-refractivity contribution in [1.29, 1.82) is 0 Å². The van der Waals surface area contributed by atoms with Crippen LogP contribution in [0.1, 0.15) is 32.3 Å². The van der Waals surface area contributed by atoms with Crippen LogP contribution >= 0.6 is 0 Å². The molecule has 7 heteroatoms. The van der Waals surface area contributed by atoms with Gasteiger partial charge in [0.2, 0.25) is 0 Å². The van der Waals surface area contributed by atoms with Gasteiger partial charge < -0.3 is 15.7 Å². The molecular formula is C14H19F3N2O2. The van der Waals surface area contributed by atoms with Crippen LogP contribution in [-0.4, -0.2) is 23.3 Å². The van der Waals surface area contributed by atoms with Gasteiger partial charge in [0.15, 0.2) is 0 Å². The number of anilines is 1. The van der Waals surface area contributed by atoms with E-state index in [1.165, 1.54) is 12.1 Å². The summed E-state index contributed by atoms with van der Waals surface area (Å²) in [7, 11) is 0. The summed E-state index contributed by atoms with van der Waals surface area (Å²) in [5, 5.41) is 14.8. The van der Waals surface area contributed by atoms with E-state index in [1.54, 1.807) is 13.8 Å². The van der Waals surface area contributed by atoms with E-state index in [1.807, 2.05) is 0 Å². The van der Waals surface area contributed by atoms with E-state index in [4.69, 9.17) is 0 Å². The topological polar surface area (TPSA) is 61.4 Å². The van der Waals surface area contributed by atoms with Crippen LogP contribution in [0.2, 0.25) is 0 Å². The lowest BCUT2D eigenvalue weighted by molar-refractivity contribution is -0.137. The summed E-state index contributed by atoms with van der Waals surface area (Å²) in [5.41, 5.74) is -1.80. The predicted octanol–water partition coefficient (Wildman–Crippen LogP) is 3.38. The van der Waals surface area contributed by atoms with Gasteiger partial charge in [-0.2, -0.15) is 13.2 Å². The highest BCUT2D eigenvalue weighted by molar-refractivity contribution is 5.89. The number of rotatable bonds is 5. The van der Waals surface area contributed by atoms with Gasteiger partial charge in [0, 0.05) is 12.2 Å². The number of halogens is 3. The quantitative estimate of drug-likeness (QED) is 0.781. The van der Waals surface area contributed by atoms with Crippen molar-refractivity contribution < 1.29 is 23.1 Å². The fourth-order valence-electron chi connectivity index (χ4n) is 1.69. The van der Waals surface area contributed by atoms with Gasteiger partial charge in [-0.05, 0) is 31.0 Å². The number of nitrogens with one attached hydrogen (secondary N) is 2. The van der Waals surface area contributed by atoms with Crippen molar-refractivity contribution in [3.8, 4) is 0 Å². The molecule has 0 bridgehead atoms. The highest BCUT2D eigenvalue weighted by Gasteiger charge is 2.30. The predicted molar refractivity (Wildman–Crippen MR) is 74.0 cm³/mol. The Bertz CT molecular complexity index is 485. The zero-order valence-corrected chi connectivity index (χ0v) is 11.9. The Hall–Kier alpha value is -1.76. The molecule has 21 heavy (non-hydrogen) atoms. The van der Waals surface area contributed by atoms with E-state index >= 15 is 0 Å². The molecule has 0 saturated heterocycles. The number of amides is 2. The molecule has 0 radical (unpaired) electrons. The average molecular weight is 304 g/mol. The summed E-state index contributed by atoms with van der Waals surface area (Å²) >= 11 is 0. The van der Waals surface area contributed by atoms with E-state index in [9.17, 15) is 23.1 Å². The summed E-state index contributed by atoms with van der Waals surface area (Å²) < 4.78 is 37.6. The largest absolute Gasteiger partial charge is 0.416 e. The van der Waals surface area contributed by atoms with Gasteiger partial charge >= 0.3 is 12.2 Å². The molecule has 0 fully saturated rings. The normalized spacial score (nSPS) is 12.1. The lowest BCUT2D eigenvalue weighted by Crippen LogP contribution is -2.43. The molecule has 0 aliphatic heterocycles. The molecule has 0 saturated carbocycles. The second-order valence-electron chi connectivity index (χ2n) is 4.82. The molecule has 4 nitrogen and oxygen atoms in total. The first-order chi connectivity index (χ1) is 9.70. The third-order valence-corrected chi connectivity index (χ3v) is 3.34. The van der Waals surface area contributed by atoms with E-state index in [0.29, 0.717) is 12.8 Å². The lowest BCUT2D eigenvalue weighted by Gasteiger charge is -2.25. The van der Waals surface area contributed by atoms with E-state index in [0.717, 1.165) is 12.1 Å². The number of urea groups is 1. The first kappa shape index (κ1) is 17.3. The Morgan fingerprint density at radius 2 is 1.86 bits per heavy atom. The van der Waals surface area contributed by atoms with Crippen molar-refractivity contribution in [2.75, 3.05) is 11.9 Å². The molecule has 1 aromatic rings. The Morgan fingerprint density at radius 1 is 1.24 bits per heavy atom. The average Bonchev–Trinajstić information content (AvgIpc) is 2.44. The molecule has 0 spiro atoms. The maximum absolute atomic E-state index is 12.5. The first-order valence-corrected chi connectivity index (χ1v) is 6.64. The van der Waals surface area contributed by atoms with Crippen molar-refractivity contribution >= 4 is 11.7 Å². The lowest BCUT2D eigenvalue weighted by atomic mass is 9.98. The van der Waals surface area contributed by atoms with Crippen molar-refractivity contribution in [2.24, 2.45) is 0 Å². The summed E-state index contributed by atoms with van der Waals surface area (Å²) in [4.78, 5) is 11.6. The van der Waals surface area contributed by atoms with Crippen LogP contribution in [-0.2, 0) is 6.18 Å². The number of benzene rings is 1. The fraction of sp³-hybridized carbons (Fsp3) is 0.500. The van der Waals surface area contributed by atoms with Crippen LogP contribution in [0, 0.1) is 0 Å². The molecule has 0 aliphatic rings. The zero-order chi connectivity index (χ0) is 16.1. The third kappa shape index (κ3) is 5.26. The van der Waals surface area contributed by atoms with Crippen LogP contribution in [0.25, 0.3) is 0 Å². The van der Waals surface area contributed by atoms with Crippen LogP contribution in [0.15, 0.2) is 24.3 Å². The molecule has 0 aliphatic carbocycles. The zero-order valence-electron chi connectivity index (χ0n) is 11.9. The second kappa shape index (κ2) is 6.80. The van der Waals surface area contributed by atoms with Crippen LogP contribution < -0.4 is 10.6 Å². The van der Waals surface area contributed by atoms with Gasteiger partial charge in [0.1, 0.15) is 0 Å². The molecule has 1 aromatic carbocycles. The molecule has 0 heterocycles. The third-order valence-electron chi connectivity index (χ3n) is 3.34. The molecule has 0 atom stereocenters. The molecule has 3 N–H and O–H groups in total. The maximum atomic E-state index is 12.5. The molecule has 2 amide bonds. The summed E-state index contributed by atoms with van der Waals surface area (Å²) in [6.07, 6.45) is -3.53. The number of carbonyl (C=O) groups is 1. The Labute approximate surface area is 121 Å². The van der Waals surface area contributed by atoms with Gasteiger partial charge in [0.25, 0.3) is 0 Å². The van der Waals surface area contributed by atoms with Gasteiger partial charge in [-0.15, -0.1) is 0 Å². The standard InChI is InChI=1S/C14H19F3N2O2/c1-3-13(21,4-2)9-18-12(20)19-11-7-5-6-10(8-11)14(15,16)17/h5-8,21H,3-4,9H2,1-2H3,(H2,18,19,20). The molecular weight excluding hydrogens is 285 g/mol. The maximum Gasteiger partial charge on any atom is 0.416 e. The SMILES string of the molecule is CCC(O)(CC)CNC(=O)Nc1cccc(C(F)(F)F)c1. The van der Waals surface area contributed by atoms with Crippen molar-refractivity contribution in [3.05, 3.63) is 29.8 Å². The molecule has 1 rings (SSSR count). The van der Waals surface area contributed by atoms with Crippen molar-refractivity contribution in [2.45, 2.75) is 38.5 Å². The Kier molecular flexibility index (Phi) is 5.60. The molecule has 118 valence electrons. The monoisotopic (exact) mass is 304 g/mol. The van der Waals surface area contributed by atoms with Gasteiger partial charge in [0.05, 0.1) is 11.2 Å². The smallest absolute Gasteiger partial charge is 0.388 e. The number of alkyl halides is 3. The van der Waals surface area contributed by atoms with E-state index in [2.05, 4.69) is 10.6 Å². The number of carbonyl (C=O) groups excluding carboxylic acids is 1. The highest BCUT2D eigenvalue weighted by atomic mass is 19.4. The van der Waals surface area contributed by atoms with Crippen LogP contribution in [0.5, 0.6) is 0 Å². The minimum Gasteiger partial charge on any atom is -0.388 e. The summed E-state index contributed by atoms with van der Waals surface area (Å²) in [6, 6.07) is 3.70. The molecule has 0 unspecified atom stereocenters. The Morgan fingerprint density at radius 3 is 2.38 bits per heavy atom. The fourth-order valence-corrected chi connectivity index (χ4v) is 1.69. The summed E-state index contributed by atoms with van der Waals surface area (Å²) in [5.74, 6) is 0. The van der Waals surface area contributed by atoms with Crippen LogP contribution in [0.3, 0.4) is 0 Å². The first-order valence-electron chi connectivity index (χ1n) is 6.64. The number of hydrogen-bond acceptors (Lipinski definition) is 2. The minimum absolute atomic E-state index is 0.0325. The Balaban J connectivity index is 2.64. The molecule has 0 aromatic heterocycles. The minimum atomic E-state index is -4.46.